The van der Waals surface area contributed by atoms with Gasteiger partial charge >= 0.3 is 0 Å². The highest BCUT2D eigenvalue weighted by Gasteiger charge is 2.15. The fraction of sp³-hybridized carbons (Fsp3) is 0.125. The Kier molecular flexibility index (Phi) is 6.19. The van der Waals surface area contributed by atoms with Crippen molar-refractivity contribution in [2.75, 3.05) is 5.32 Å². The number of halogens is 1. The Hall–Kier alpha value is -2.31. The molecular weight excluding hydrogens is 334 g/mol. The maximum atomic E-state index is 12.0. The van der Waals surface area contributed by atoms with Crippen LogP contribution in [-0.2, 0) is 4.79 Å². The van der Waals surface area contributed by atoms with Gasteiger partial charge in [0, 0.05) is 5.69 Å². The van der Waals surface area contributed by atoms with Gasteiger partial charge < -0.3 is 10.1 Å². The minimum absolute atomic E-state index is 0.273. The van der Waals surface area contributed by atoms with Gasteiger partial charge in [0.15, 0.2) is 11.2 Å². The Balaban J connectivity index is 1.80. The van der Waals surface area contributed by atoms with Gasteiger partial charge in [-0.3, -0.25) is 15.6 Å². The van der Waals surface area contributed by atoms with E-state index < -0.39 is 6.10 Å². The van der Waals surface area contributed by atoms with Gasteiger partial charge in [-0.15, -0.1) is 0 Å². The molecule has 5 nitrogen and oxygen atoms in total. The molecule has 23 heavy (non-hydrogen) atoms. The van der Waals surface area contributed by atoms with Crippen molar-refractivity contribution in [1.82, 2.24) is 10.9 Å². The van der Waals surface area contributed by atoms with Gasteiger partial charge in [-0.2, -0.15) is 0 Å². The molecular formula is C16H16ClN3O2S. The number of thiocarbonyl (C=S) groups is 1. The van der Waals surface area contributed by atoms with Crippen LogP contribution in [0.2, 0.25) is 5.02 Å². The summed E-state index contributed by atoms with van der Waals surface area (Å²) in [4.78, 5) is 12.0. The Morgan fingerprint density at radius 3 is 2.43 bits per heavy atom. The molecule has 0 spiro atoms. The Labute approximate surface area is 145 Å². The van der Waals surface area contributed by atoms with Crippen molar-refractivity contribution in [2.24, 2.45) is 0 Å². The SMILES string of the molecule is CC(Oc1ccccc1Cl)C(=O)NNC(=S)Nc1ccccc1. The van der Waals surface area contributed by atoms with Crippen LogP contribution in [0.4, 0.5) is 5.69 Å². The van der Waals surface area contributed by atoms with Gasteiger partial charge in [0.1, 0.15) is 5.75 Å². The first-order chi connectivity index (χ1) is 11.1. The van der Waals surface area contributed by atoms with Crippen LogP contribution in [0.5, 0.6) is 5.75 Å². The van der Waals surface area contributed by atoms with E-state index in [2.05, 4.69) is 16.2 Å². The summed E-state index contributed by atoms with van der Waals surface area (Å²) in [7, 11) is 0. The summed E-state index contributed by atoms with van der Waals surface area (Å²) in [6.07, 6.45) is -0.734. The predicted octanol–water partition coefficient (Wildman–Crippen LogP) is 3.13. The molecule has 1 amide bonds. The zero-order valence-electron chi connectivity index (χ0n) is 12.4. The largest absolute Gasteiger partial charge is 0.479 e. The standard InChI is InChI=1S/C16H16ClN3O2S/c1-11(22-14-10-6-5-9-13(14)17)15(21)19-20-16(23)18-12-7-3-2-4-8-12/h2-11H,1H3,(H,19,21)(H2,18,20,23). The lowest BCUT2D eigenvalue weighted by Crippen LogP contribution is -2.48. The number of para-hydroxylation sites is 2. The second-order valence-corrected chi connectivity index (χ2v) is 5.44. The number of carbonyl (C=O) groups is 1. The zero-order chi connectivity index (χ0) is 16.7. The van der Waals surface area contributed by atoms with E-state index in [4.69, 9.17) is 28.6 Å². The molecule has 120 valence electrons. The molecule has 3 N–H and O–H groups in total. The van der Waals surface area contributed by atoms with Gasteiger partial charge in [0.2, 0.25) is 0 Å². The number of nitrogens with one attached hydrogen (secondary N) is 3. The molecule has 0 aliphatic rings. The molecule has 0 fully saturated rings. The quantitative estimate of drug-likeness (QED) is 0.584. The van der Waals surface area contributed by atoms with E-state index in [1.807, 2.05) is 30.3 Å². The number of hydrazine groups is 1. The first-order valence-corrected chi connectivity index (χ1v) is 7.68. The number of ether oxygens (including phenoxy) is 1. The first-order valence-electron chi connectivity index (χ1n) is 6.89. The number of hydrogen-bond donors (Lipinski definition) is 3. The highest BCUT2D eigenvalue weighted by Crippen LogP contribution is 2.24. The van der Waals surface area contributed by atoms with Crippen LogP contribution >= 0.6 is 23.8 Å². The van der Waals surface area contributed by atoms with E-state index in [0.29, 0.717) is 10.8 Å². The van der Waals surface area contributed by atoms with E-state index in [9.17, 15) is 4.79 Å². The van der Waals surface area contributed by atoms with Gasteiger partial charge in [-0.05, 0) is 43.4 Å². The molecule has 0 bridgehead atoms. The van der Waals surface area contributed by atoms with Crippen molar-refractivity contribution < 1.29 is 9.53 Å². The van der Waals surface area contributed by atoms with Gasteiger partial charge in [-0.1, -0.05) is 41.9 Å². The monoisotopic (exact) mass is 349 g/mol. The summed E-state index contributed by atoms with van der Waals surface area (Å²) >= 11 is 11.1. The summed E-state index contributed by atoms with van der Waals surface area (Å²) in [5.41, 5.74) is 5.92. The molecule has 0 aliphatic heterocycles. The van der Waals surface area contributed by atoms with Crippen molar-refractivity contribution in [3.05, 3.63) is 59.6 Å². The van der Waals surface area contributed by atoms with Gasteiger partial charge in [-0.25, -0.2) is 0 Å². The van der Waals surface area contributed by atoms with Crippen molar-refractivity contribution in [3.8, 4) is 5.75 Å². The van der Waals surface area contributed by atoms with Crippen molar-refractivity contribution in [1.29, 1.82) is 0 Å². The van der Waals surface area contributed by atoms with Crippen LogP contribution in [-0.4, -0.2) is 17.1 Å². The minimum Gasteiger partial charge on any atom is -0.479 e. The number of carbonyl (C=O) groups excluding carboxylic acids is 1. The van der Waals surface area contributed by atoms with Crippen LogP contribution in [0, 0.1) is 0 Å². The highest BCUT2D eigenvalue weighted by molar-refractivity contribution is 7.80. The second-order valence-electron chi connectivity index (χ2n) is 4.62. The average Bonchev–Trinajstić information content (AvgIpc) is 2.55. The maximum Gasteiger partial charge on any atom is 0.279 e. The topological polar surface area (TPSA) is 62.4 Å². The van der Waals surface area contributed by atoms with Crippen LogP contribution in [0.3, 0.4) is 0 Å². The Morgan fingerprint density at radius 1 is 1.09 bits per heavy atom. The number of benzene rings is 2. The van der Waals surface area contributed by atoms with Crippen LogP contribution < -0.4 is 20.9 Å². The van der Waals surface area contributed by atoms with E-state index >= 15 is 0 Å². The van der Waals surface area contributed by atoms with E-state index in [1.54, 1.807) is 31.2 Å². The summed E-state index contributed by atoms with van der Waals surface area (Å²) in [5.74, 6) is 0.0731. The average molecular weight is 350 g/mol. The Bertz CT molecular complexity index is 682. The fourth-order valence-electron chi connectivity index (χ4n) is 1.69. The normalized spacial score (nSPS) is 11.2. The number of amides is 1. The number of hydrogen-bond acceptors (Lipinski definition) is 3. The van der Waals surface area contributed by atoms with Crippen LogP contribution in [0.25, 0.3) is 0 Å². The smallest absolute Gasteiger partial charge is 0.279 e. The third kappa shape index (κ3) is 5.43. The maximum absolute atomic E-state index is 12.0. The van der Waals surface area contributed by atoms with Crippen LogP contribution in [0.15, 0.2) is 54.6 Å². The molecule has 0 saturated heterocycles. The van der Waals surface area contributed by atoms with Crippen molar-refractivity contribution >= 4 is 40.5 Å². The van der Waals surface area contributed by atoms with Crippen LogP contribution in [0.1, 0.15) is 6.92 Å². The lowest BCUT2D eigenvalue weighted by molar-refractivity contribution is -0.127. The molecule has 0 aliphatic carbocycles. The molecule has 0 radical (unpaired) electrons. The second kappa shape index (κ2) is 8.36. The molecule has 0 aromatic heterocycles. The lowest BCUT2D eigenvalue weighted by Gasteiger charge is -2.17. The lowest BCUT2D eigenvalue weighted by atomic mass is 10.3. The predicted molar refractivity (Wildman–Crippen MR) is 95.5 cm³/mol. The molecule has 2 aromatic carbocycles. The number of anilines is 1. The van der Waals surface area contributed by atoms with Crippen molar-refractivity contribution in [2.45, 2.75) is 13.0 Å². The third-order valence-electron chi connectivity index (χ3n) is 2.84. The summed E-state index contributed by atoms with van der Waals surface area (Å²) in [6.45, 7) is 1.62. The summed E-state index contributed by atoms with van der Waals surface area (Å²) < 4.78 is 5.51. The van der Waals surface area contributed by atoms with E-state index in [-0.39, 0.29) is 11.0 Å². The molecule has 2 aromatic rings. The molecule has 1 atom stereocenters. The van der Waals surface area contributed by atoms with E-state index in [1.165, 1.54) is 0 Å². The number of rotatable bonds is 4. The molecule has 0 heterocycles. The van der Waals surface area contributed by atoms with Gasteiger partial charge in [0.05, 0.1) is 5.02 Å². The molecule has 1 unspecified atom stereocenters. The van der Waals surface area contributed by atoms with Gasteiger partial charge in [0.25, 0.3) is 5.91 Å². The summed E-state index contributed by atoms with van der Waals surface area (Å²) in [6, 6.07) is 16.3. The zero-order valence-corrected chi connectivity index (χ0v) is 13.9. The minimum atomic E-state index is -0.734. The van der Waals surface area contributed by atoms with E-state index in [0.717, 1.165) is 5.69 Å². The summed E-state index contributed by atoms with van der Waals surface area (Å²) in [5, 5.41) is 3.66. The fourth-order valence-corrected chi connectivity index (χ4v) is 2.04. The molecule has 0 saturated carbocycles. The Morgan fingerprint density at radius 2 is 1.74 bits per heavy atom. The molecule has 7 heteroatoms. The van der Waals surface area contributed by atoms with Crippen molar-refractivity contribution in [3.63, 3.8) is 0 Å². The third-order valence-corrected chi connectivity index (χ3v) is 3.36. The highest BCUT2D eigenvalue weighted by atomic mass is 35.5. The molecule has 2 rings (SSSR count). The first kappa shape index (κ1) is 17.1.